The predicted molar refractivity (Wildman–Crippen MR) is 77.7 cm³/mol. The summed E-state index contributed by atoms with van der Waals surface area (Å²) in [6.45, 7) is 3.53. The van der Waals surface area contributed by atoms with Gasteiger partial charge in [0.2, 0.25) is 10.0 Å². The number of nitrogens with two attached hydrogens (primary N) is 1. The molecule has 0 aliphatic heterocycles. The summed E-state index contributed by atoms with van der Waals surface area (Å²) in [6.07, 6.45) is 3.20. The van der Waals surface area contributed by atoms with Gasteiger partial charge < -0.3 is 11.1 Å². The average Bonchev–Trinajstić information content (AvgIpc) is 2.11. The summed E-state index contributed by atoms with van der Waals surface area (Å²) in [5.41, 5.74) is 5.53. The maximum absolute atomic E-state index is 10.7. The monoisotopic (exact) mass is 364 g/mol. The summed E-state index contributed by atoms with van der Waals surface area (Å²) < 4.78 is 23.7. The van der Waals surface area contributed by atoms with Gasteiger partial charge >= 0.3 is 0 Å². The molecule has 0 atom stereocenters. The summed E-state index contributed by atoms with van der Waals surface area (Å²) in [7, 11) is -3.11. The number of rotatable bonds is 7. The highest BCUT2D eigenvalue weighted by atomic mass is 127. The second kappa shape index (κ2) is 10.1. The first-order valence-electron chi connectivity index (χ1n) is 4.94. The van der Waals surface area contributed by atoms with Gasteiger partial charge in [-0.1, -0.05) is 13.3 Å². The van der Waals surface area contributed by atoms with Crippen LogP contribution in [-0.2, 0) is 10.0 Å². The van der Waals surface area contributed by atoms with Gasteiger partial charge in [-0.15, -0.1) is 24.0 Å². The molecular weight excluding hydrogens is 343 g/mol. The summed E-state index contributed by atoms with van der Waals surface area (Å²) in [4.78, 5) is 4.05. The third-order valence-electron chi connectivity index (χ3n) is 1.59. The van der Waals surface area contributed by atoms with E-state index in [1.165, 1.54) is 0 Å². The molecule has 0 fully saturated rings. The van der Waals surface area contributed by atoms with Crippen molar-refractivity contribution < 1.29 is 8.42 Å². The van der Waals surface area contributed by atoms with Crippen molar-refractivity contribution in [1.82, 2.24) is 10.0 Å². The fourth-order valence-corrected chi connectivity index (χ4v) is 1.31. The Kier molecular flexibility index (Phi) is 11.5. The van der Waals surface area contributed by atoms with Crippen molar-refractivity contribution in [2.75, 3.05) is 25.9 Å². The van der Waals surface area contributed by atoms with Crippen LogP contribution in [0.15, 0.2) is 4.99 Å². The molecule has 0 radical (unpaired) electrons. The maximum Gasteiger partial charge on any atom is 0.208 e. The Bertz CT molecular complexity index is 292. The number of halogens is 1. The van der Waals surface area contributed by atoms with Crippen LogP contribution in [0, 0.1) is 0 Å². The summed E-state index contributed by atoms with van der Waals surface area (Å²) in [5.74, 6) is 0.360. The molecule has 4 N–H and O–H groups in total. The molecule has 0 aromatic rings. The largest absolute Gasteiger partial charge is 0.370 e. The van der Waals surface area contributed by atoms with E-state index in [1.807, 2.05) is 0 Å². The van der Waals surface area contributed by atoms with E-state index in [-0.39, 0.29) is 24.0 Å². The lowest BCUT2D eigenvalue weighted by Gasteiger charge is -2.05. The molecule has 0 heterocycles. The van der Waals surface area contributed by atoms with Gasteiger partial charge in [0.25, 0.3) is 0 Å². The van der Waals surface area contributed by atoms with E-state index in [9.17, 15) is 8.42 Å². The van der Waals surface area contributed by atoms with Gasteiger partial charge in [0.05, 0.1) is 6.26 Å². The molecule has 16 heavy (non-hydrogen) atoms. The molecule has 0 bridgehead atoms. The first-order chi connectivity index (χ1) is 6.95. The zero-order chi connectivity index (χ0) is 11.7. The highest BCUT2D eigenvalue weighted by molar-refractivity contribution is 14.0. The molecular formula is C8H21IN4O2S. The van der Waals surface area contributed by atoms with Crippen LogP contribution >= 0.6 is 24.0 Å². The molecule has 98 valence electrons. The van der Waals surface area contributed by atoms with Crippen molar-refractivity contribution in [3.63, 3.8) is 0 Å². The average molecular weight is 364 g/mol. The molecule has 0 rings (SSSR count). The number of guanidine groups is 1. The van der Waals surface area contributed by atoms with E-state index < -0.39 is 10.0 Å². The zero-order valence-corrected chi connectivity index (χ0v) is 12.8. The number of nitrogens with one attached hydrogen (secondary N) is 2. The Balaban J connectivity index is 0. The van der Waals surface area contributed by atoms with Gasteiger partial charge in [0.15, 0.2) is 5.96 Å². The summed E-state index contributed by atoms with van der Waals surface area (Å²) in [6, 6.07) is 0. The van der Waals surface area contributed by atoms with Crippen molar-refractivity contribution in [2.45, 2.75) is 19.8 Å². The van der Waals surface area contributed by atoms with Crippen LogP contribution in [-0.4, -0.2) is 40.3 Å². The first-order valence-corrected chi connectivity index (χ1v) is 6.83. The van der Waals surface area contributed by atoms with Crippen LogP contribution in [0.1, 0.15) is 19.8 Å². The first kappa shape index (κ1) is 18.3. The Morgan fingerprint density at radius 1 is 1.38 bits per heavy atom. The molecule has 0 aromatic carbocycles. The molecule has 0 aliphatic rings. The van der Waals surface area contributed by atoms with E-state index in [0.717, 1.165) is 19.1 Å². The van der Waals surface area contributed by atoms with Gasteiger partial charge in [0, 0.05) is 19.6 Å². The molecule has 0 saturated carbocycles. The smallest absolute Gasteiger partial charge is 0.208 e. The van der Waals surface area contributed by atoms with E-state index in [0.29, 0.717) is 25.6 Å². The molecule has 0 unspecified atom stereocenters. The molecule has 0 aliphatic carbocycles. The SMILES string of the molecule is CCCCN=C(N)NCCNS(C)(=O)=O.I. The van der Waals surface area contributed by atoms with Crippen molar-refractivity contribution in [1.29, 1.82) is 0 Å². The van der Waals surface area contributed by atoms with E-state index in [1.54, 1.807) is 0 Å². The number of hydrogen-bond acceptors (Lipinski definition) is 3. The van der Waals surface area contributed by atoms with Crippen LogP contribution in [0.3, 0.4) is 0 Å². The van der Waals surface area contributed by atoms with Crippen molar-refractivity contribution in [2.24, 2.45) is 10.7 Å². The van der Waals surface area contributed by atoms with Gasteiger partial charge in [0.1, 0.15) is 0 Å². The third-order valence-corrected chi connectivity index (χ3v) is 2.32. The topological polar surface area (TPSA) is 96.6 Å². The zero-order valence-electron chi connectivity index (χ0n) is 9.69. The quantitative estimate of drug-likeness (QED) is 0.254. The van der Waals surface area contributed by atoms with Crippen molar-refractivity contribution in [3.05, 3.63) is 0 Å². The van der Waals surface area contributed by atoms with Crippen LogP contribution in [0.25, 0.3) is 0 Å². The minimum Gasteiger partial charge on any atom is -0.370 e. The summed E-state index contributed by atoms with van der Waals surface area (Å²) in [5, 5.41) is 2.81. The number of unbranched alkanes of at least 4 members (excludes halogenated alkanes) is 1. The normalized spacial score (nSPS) is 12.0. The van der Waals surface area contributed by atoms with Crippen LogP contribution in [0.4, 0.5) is 0 Å². The molecule has 0 amide bonds. The second-order valence-electron chi connectivity index (χ2n) is 3.21. The number of hydrogen-bond donors (Lipinski definition) is 3. The standard InChI is InChI=1S/C8H20N4O2S.HI/c1-3-4-5-10-8(9)11-6-7-12-15(2,13)14;/h12H,3-7H2,1-2H3,(H3,9,10,11);1H. The molecule has 6 nitrogen and oxygen atoms in total. The van der Waals surface area contributed by atoms with Crippen LogP contribution < -0.4 is 15.8 Å². The second-order valence-corrected chi connectivity index (χ2v) is 5.05. The lowest BCUT2D eigenvalue weighted by Crippen LogP contribution is -2.38. The fourth-order valence-electron chi connectivity index (χ4n) is 0.841. The molecule has 0 aromatic heterocycles. The number of aliphatic imine (C=N–C) groups is 1. The minimum absolute atomic E-state index is 0. The Hall–Kier alpha value is -0.0900. The predicted octanol–water partition coefficient (Wildman–Crippen LogP) is -0.142. The minimum atomic E-state index is -3.11. The highest BCUT2D eigenvalue weighted by Gasteiger charge is 1.98. The number of sulfonamides is 1. The molecule has 0 saturated heterocycles. The lowest BCUT2D eigenvalue weighted by molar-refractivity contribution is 0.587. The molecule has 8 heteroatoms. The summed E-state index contributed by atoms with van der Waals surface area (Å²) >= 11 is 0. The Morgan fingerprint density at radius 2 is 2.00 bits per heavy atom. The molecule has 0 spiro atoms. The fraction of sp³-hybridized carbons (Fsp3) is 0.875. The van der Waals surface area contributed by atoms with Gasteiger partial charge in [-0.25, -0.2) is 13.1 Å². The van der Waals surface area contributed by atoms with Crippen LogP contribution in [0.2, 0.25) is 0 Å². The van der Waals surface area contributed by atoms with E-state index >= 15 is 0 Å². The maximum atomic E-state index is 10.7. The van der Waals surface area contributed by atoms with E-state index in [2.05, 4.69) is 22.0 Å². The van der Waals surface area contributed by atoms with Gasteiger partial charge in [-0.3, -0.25) is 4.99 Å². The Labute approximate surface area is 115 Å². The third kappa shape index (κ3) is 13.9. The lowest BCUT2D eigenvalue weighted by atomic mass is 10.3. The Morgan fingerprint density at radius 3 is 2.50 bits per heavy atom. The van der Waals surface area contributed by atoms with E-state index in [4.69, 9.17) is 5.73 Å². The van der Waals surface area contributed by atoms with Crippen molar-refractivity contribution in [3.8, 4) is 0 Å². The highest BCUT2D eigenvalue weighted by Crippen LogP contribution is 1.85. The van der Waals surface area contributed by atoms with Crippen molar-refractivity contribution >= 4 is 40.0 Å². The van der Waals surface area contributed by atoms with Gasteiger partial charge in [-0.05, 0) is 6.42 Å². The van der Waals surface area contributed by atoms with Gasteiger partial charge in [-0.2, -0.15) is 0 Å². The van der Waals surface area contributed by atoms with Crippen LogP contribution in [0.5, 0.6) is 0 Å². The number of nitrogens with zero attached hydrogens (tertiary/aromatic N) is 1.